The zero-order valence-corrected chi connectivity index (χ0v) is 8.10. The third kappa shape index (κ3) is 2.42. The van der Waals surface area contributed by atoms with E-state index in [1.54, 1.807) is 0 Å². The summed E-state index contributed by atoms with van der Waals surface area (Å²) < 4.78 is 1.06. The normalized spacial score (nSPS) is 10.5. The Hall–Kier alpha value is -1.65. The summed E-state index contributed by atoms with van der Waals surface area (Å²) in [5.74, 6) is -0.881. The number of aromatic nitrogens is 2. The van der Waals surface area contributed by atoms with Crippen molar-refractivity contribution in [3.63, 3.8) is 0 Å². The van der Waals surface area contributed by atoms with Crippen molar-refractivity contribution in [3.8, 4) is 0 Å². The molecule has 0 aliphatic heterocycles. The van der Waals surface area contributed by atoms with Crippen molar-refractivity contribution in [1.29, 1.82) is 0 Å². The molecule has 1 rings (SSSR count). The molecule has 1 aromatic heterocycles. The fourth-order valence-electron chi connectivity index (χ4n) is 1.02. The van der Waals surface area contributed by atoms with E-state index in [0.717, 1.165) is 4.57 Å². The molecule has 1 heterocycles. The van der Waals surface area contributed by atoms with Crippen LogP contribution < -0.4 is 5.56 Å². The highest BCUT2D eigenvalue weighted by Crippen LogP contribution is 2.06. The average molecular weight is 196 g/mol. The van der Waals surface area contributed by atoms with Crippen LogP contribution in [0.5, 0.6) is 0 Å². The number of hydrogen-bond acceptors (Lipinski definition) is 3. The molecule has 0 saturated heterocycles. The molecule has 0 saturated carbocycles. The monoisotopic (exact) mass is 196 g/mol. The predicted octanol–water partition coefficient (Wildman–Crippen LogP) is 0.451. The van der Waals surface area contributed by atoms with Gasteiger partial charge in [-0.15, -0.1) is 0 Å². The maximum atomic E-state index is 11.3. The first-order valence-corrected chi connectivity index (χ1v) is 4.29. The molecule has 5 nitrogen and oxygen atoms in total. The van der Waals surface area contributed by atoms with E-state index in [4.69, 9.17) is 5.11 Å². The van der Waals surface area contributed by atoms with Crippen molar-refractivity contribution >= 4 is 5.97 Å². The second-order valence-corrected chi connectivity index (χ2v) is 3.33. The van der Waals surface area contributed by atoms with Crippen LogP contribution in [0.15, 0.2) is 17.2 Å². The Bertz CT molecular complexity index is 395. The molecule has 5 heteroatoms. The van der Waals surface area contributed by atoms with Crippen molar-refractivity contribution in [2.24, 2.45) is 0 Å². The van der Waals surface area contributed by atoms with Gasteiger partial charge in [0, 0.05) is 6.07 Å². The molecule has 0 spiro atoms. The van der Waals surface area contributed by atoms with Gasteiger partial charge in [0.1, 0.15) is 6.54 Å². The van der Waals surface area contributed by atoms with Gasteiger partial charge in [-0.25, -0.2) is 4.98 Å². The predicted molar refractivity (Wildman–Crippen MR) is 50.2 cm³/mol. The van der Waals surface area contributed by atoms with Crippen LogP contribution >= 0.6 is 0 Å². The molecule has 0 aliphatic carbocycles. The van der Waals surface area contributed by atoms with Gasteiger partial charge in [-0.3, -0.25) is 14.2 Å². The SMILES string of the molecule is CC(C)c1cc(=O)n(CC(=O)O)cn1. The van der Waals surface area contributed by atoms with Crippen molar-refractivity contribution < 1.29 is 9.90 Å². The maximum absolute atomic E-state index is 11.3. The summed E-state index contributed by atoms with van der Waals surface area (Å²) in [6.07, 6.45) is 1.27. The molecule has 0 bridgehead atoms. The minimum atomic E-state index is -1.05. The summed E-state index contributed by atoms with van der Waals surface area (Å²) >= 11 is 0. The standard InChI is InChI=1S/C9H12N2O3/c1-6(2)7-3-8(12)11(5-10-7)4-9(13)14/h3,5-6H,4H2,1-2H3,(H,13,14). The molecule has 0 unspecified atom stereocenters. The van der Waals surface area contributed by atoms with Crippen LogP contribution in [-0.4, -0.2) is 20.6 Å². The number of carbonyl (C=O) groups is 1. The third-order valence-corrected chi connectivity index (χ3v) is 1.80. The highest BCUT2D eigenvalue weighted by atomic mass is 16.4. The van der Waals surface area contributed by atoms with Crippen LogP contribution in [-0.2, 0) is 11.3 Å². The van der Waals surface area contributed by atoms with E-state index in [1.807, 2.05) is 13.8 Å². The molecule has 76 valence electrons. The summed E-state index contributed by atoms with van der Waals surface area (Å²) in [6, 6.07) is 1.37. The van der Waals surface area contributed by atoms with Gasteiger partial charge >= 0.3 is 5.97 Å². The molecule has 1 aromatic rings. The second-order valence-electron chi connectivity index (χ2n) is 3.33. The van der Waals surface area contributed by atoms with E-state index in [1.165, 1.54) is 12.4 Å². The maximum Gasteiger partial charge on any atom is 0.323 e. The first-order chi connectivity index (χ1) is 6.50. The van der Waals surface area contributed by atoms with Gasteiger partial charge in [0.2, 0.25) is 0 Å². The van der Waals surface area contributed by atoms with Gasteiger partial charge in [-0.1, -0.05) is 13.8 Å². The van der Waals surface area contributed by atoms with E-state index in [9.17, 15) is 9.59 Å². The number of carboxylic acids is 1. The average Bonchev–Trinajstić information content (AvgIpc) is 2.07. The van der Waals surface area contributed by atoms with Gasteiger partial charge < -0.3 is 5.11 Å². The van der Waals surface area contributed by atoms with Gasteiger partial charge in [-0.2, -0.15) is 0 Å². The van der Waals surface area contributed by atoms with Gasteiger partial charge in [-0.05, 0) is 5.92 Å². The van der Waals surface area contributed by atoms with Crippen molar-refractivity contribution in [1.82, 2.24) is 9.55 Å². The van der Waals surface area contributed by atoms with Crippen LogP contribution in [0.2, 0.25) is 0 Å². The van der Waals surface area contributed by atoms with Gasteiger partial charge in [0.25, 0.3) is 5.56 Å². The highest BCUT2D eigenvalue weighted by molar-refractivity contribution is 5.66. The number of nitrogens with zero attached hydrogens (tertiary/aromatic N) is 2. The van der Waals surface area contributed by atoms with Crippen LogP contribution in [0.25, 0.3) is 0 Å². The lowest BCUT2D eigenvalue weighted by Gasteiger charge is -2.05. The fourth-order valence-corrected chi connectivity index (χ4v) is 1.02. The zero-order chi connectivity index (χ0) is 10.7. The number of hydrogen-bond donors (Lipinski definition) is 1. The van der Waals surface area contributed by atoms with Crippen LogP contribution in [0.4, 0.5) is 0 Å². The molecule has 0 fully saturated rings. The summed E-state index contributed by atoms with van der Waals surface area (Å²) in [5.41, 5.74) is 0.350. The van der Waals surface area contributed by atoms with Crippen molar-refractivity contribution in [2.75, 3.05) is 0 Å². The third-order valence-electron chi connectivity index (χ3n) is 1.80. The number of aliphatic carboxylic acids is 1. The minimum absolute atomic E-state index is 0.169. The Labute approximate surface area is 81.0 Å². The first-order valence-electron chi connectivity index (χ1n) is 4.29. The minimum Gasteiger partial charge on any atom is -0.480 e. The Balaban J connectivity index is 3.02. The van der Waals surface area contributed by atoms with E-state index in [-0.39, 0.29) is 18.0 Å². The number of carboxylic acid groups (broad SMARTS) is 1. The van der Waals surface area contributed by atoms with Crippen LogP contribution in [0, 0.1) is 0 Å². The molecule has 0 aromatic carbocycles. The zero-order valence-electron chi connectivity index (χ0n) is 8.10. The molecule has 0 radical (unpaired) electrons. The highest BCUT2D eigenvalue weighted by Gasteiger charge is 2.05. The summed E-state index contributed by atoms with van der Waals surface area (Å²) in [4.78, 5) is 25.7. The van der Waals surface area contributed by atoms with Crippen LogP contribution in [0.1, 0.15) is 25.5 Å². The molecule has 0 atom stereocenters. The second kappa shape index (κ2) is 4.04. The van der Waals surface area contributed by atoms with Crippen LogP contribution in [0.3, 0.4) is 0 Å². The van der Waals surface area contributed by atoms with E-state index in [0.29, 0.717) is 5.69 Å². The molecule has 1 N–H and O–H groups in total. The van der Waals surface area contributed by atoms with Crippen molar-refractivity contribution in [3.05, 3.63) is 28.4 Å². The molecule has 0 aliphatic rings. The first kappa shape index (κ1) is 10.4. The molecular formula is C9H12N2O3. The lowest BCUT2D eigenvalue weighted by atomic mass is 10.1. The summed E-state index contributed by atoms with van der Waals surface area (Å²) in [6.45, 7) is 3.50. The van der Waals surface area contributed by atoms with E-state index < -0.39 is 5.97 Å². The summed E-state index contributed by atoms with van der Waals surface area (Å²) in [5, 5.41) is 8.48. The lowest BCUT2D eigenvalue weighted by molar-refractivity contribution is -0.137. The molecule has 14 heavy (non-hydrogen) atoms. The number of rotatable bonds is 3. The van der Waals surface area contributed by atoms with E-state index in [2.05, 4.69) is 4.98 Å². The quantitative estimate of drug-likeness (QED) is 0.761. The fraction of sp³-hybridized carbons (Fsp3) is 0.444. The Morgan fingerprint density at radius 3 is 2.71 bits per heavy atom. The van der Waals surface area contributed by atoms with Crippen molar-refractivity contribution in [2.45, 2.75) is 26.3 Å². The lowest BCUT2D eigenvalue weighted by Crippen LogP contribution is -2.24. The smallest absolute Gasteiger partial charge is 0.323 e. The largest absolute Gasteiger partial charge is 0.480 e. The Kier molecular flexibility index (Phi) is 3.01. The van der Waals surface area contributed by atoms with E-state index >= 15 is 0 Å². The molecule has 0 amide bonds. The Morgan fingerprint density at radius 1 is 1.64 bits per heavy atom. The Morgan fingerprint density at radius 2 is 2.29 bits per heavy atom. The molecular weight excluding hydrogens is 184 g/mol. The topological polar surface area (TPSA) is 72.2 Å². The summed E-state index contributed by atoms with van der Waals surface area (Å²) in [7, 11) is 0. The van der Waals surface area contributed by atoms with Gasteiger partial charge in [0.15, 0.2) is 0 Å². The van der Waals surface area contributed by atoms with Gasteiger partial charge in [0.05, 0.1) is 12.0 Å².